The molecule has 0 unspecified atom stereocenters. The van der Waals surface area contributed by atoms with Gasteiger partial charge >= 0.3 is 0 Å². The number of rotatable bonds is 3. The highest BCUT2D eigenvalue weighted by atomic mass is 16.1. The first-order chi connectivity index (χ1) is 11.5. The molecule has 0 saturated carbocycles. The van der Waals surface area contributed by atoms with Crippen LogP contribution in [0.25, 0.3) is 10.9 Å². The molecule has 0 spiro atoms. The van der Waals surface area contributed by atoms with Gasteiger partial charge in [0.25, 0.3) is 0 Å². The number of para-hydroxylation sites is 1. The summed E-state index contributed by atoms with van der Waals surface area (Å²) in [5.74, 6) is -0.105. The third-order valence-corrected chi connectivity index (χ3v) is 4.44. The fraction of sp³-hybridized carbons (Fsp3) is 0.200. The fourth-order valence-electron chi connectivity index (χ4n) is 2.94. The lowest BCUT2D eigenvalue weighted by Crippen LogP contribution is -2.19. The largest absolute Gasteiger partial charge is 0.334 e. The van der Waals surface area contributed by atoms with Gasteiger partial charge in [0.2, 0.25) is 5.91 Å². The van der Waals surface area contributed by atoms with Crippen LogP contribution >= 0.6 is 0 Å². The van der Waals surface area contributed by atoms with E-state index in [1.54, 1.807) is 0 Å². The maximum atomic E-state index is 12.5. The van der Waals surface area contributed by atoms with Crippen LogP contribution in [0.3, 0.4) is 0 Å². The first kappa shape index (κ1) is 15.8. The van der Waals surface area contributed by atoms with E-state index in [0.29, 0.717) is 5.56 Å². The van der Waals surface area contributed by atoms with Gasteiger partial charge in [0, 0.05) is 16.8 Å². The predicted molar refractivity (Wildman–Crippen MR) is 95.9 cm³/mol. The second kappa shape index (κ2) is 6.21. The monoisotopic (exact) mass is 317 g/mol. The predicted octanol–water partition coefficient (Wildman–Crippen LogP) is 4.08. The Labute approximate surface area is 141 Å². The first-order valence-electron chi connectivity index (χ1n) is 7.86. The van der Waals surface area contributed by atoms with Gasteiger partial charge in [-0.25, -0.2) is 0 Å². The molecule has 0 radical (unpaired) electrons. The van der Waals surface area contributed by atoms with E-state index in [0.717, 1.165) is 27.8 Å². The Balaban J connectivity index is 1.90. The van der Waals surface area contributed by atoms with E-state index in [9.17, 15) is 10.1 Å². The van der Waals surface area contributed by atoms with Crippen molar-refractivity contribution in [3.05, 3.63) is 64.8 Å². The second-order valence-corrected chi connectivity index (χ2v) is 6.02. The number of nitriles is 1. The van der Waals surface area contributed by atoms with Crippen LogP contribution in [0.4, 0.5) is 5.69 Å². The standard InChI is InChI=1S/C20H19N3O/c1-13-8-9-16(10-14(13)2)22-20(24)12-23-15(3)18(11-21)17-6-4-5-7-19(17)23/h4-10H,12H2,1-3H3,(H,22,24). The lowest BCUT2D eigenvalue weighted by Gasteiger charge is -2.10. The minimum atomic E-state index is -0.105. The Morgan fingerprint density at radius 2 is 1.88 bits per heavy atom. The van der Waals surface area contributed by atoms with Crippen LogP contribution in [0.1, 0.15) is 22.4 Å². The topological polar surface area (TPSA) is 57.8 Å². The van der Waals surface area contributed by atoms with E-state index in [-0.39, 0.29) is 12.5 Å². The molecule has 1 amide bonds. The number of nitrogens with one attached hydrogen (secondary N) is 1. The normalized spacial score (nSPS) is 10.6. The van der Waals surface area contributed by atoms with Crippen LogP contribution in [0.5, 0.6) is 0 Å². The van der Waals surface area contributed by atoms with E-state index in [1.807, 2.05) is 67.8 Å². The van der Waals surface area contributed by atoms with Crippen molar-refractivity contribution in [2.75, 3.05) is 5.32 Å². The van der Waals surface area contributed by atoms with Gasteiger partial charge in [-0.3, -0.25) is 4.79 Å². The van der Waals surface area contributed by atoms with Gasteiger partial charge < -0.3 is 9.88 Å². The molecule has 4 heteroatoms. The summed E-state index contributed by atoms with van der Waals surface area (Å²) in [4.78, 5) is 12.5. The summed E-state index contributed by atoms with van der Waals surface area (Å²) < 4.78 is 1.89. The van der Waals surface area contributed by atoms with Crippen molar-refractivity contribution in [3.63, 3.8) is 0 Å². The average Bonchev–Trinajstić information content (AvgIpc) is 2.83. The van der Waals surface area contributed by atoms with Gasteiger partial charge in [-0.05, 0) is 50.1 Å². The van der Waals surface area contributed by atoms with Crippen molar-refractivity contribution in [3.8, 4) is 6.07 Å². The molecule has 0 aliphatic rings. The summed E-state index contributed by atoms with van der Waals surface area (Å²) in [6.07, 6.45) is 0. The van der Waals surface area contributed by atoms with Gasteiger partial charge in [-0.15, -0.1) is 0 Å². The van der Waals surface area contributed by atoms with Crippen molar-refractivity contribution in [1.29, 1.82) is 5.26 Å². The van der Waals surface area contributed by atoms with Crippen molar-refractivity contribution >= 4 is 22.5 Å². The van der Waals surface area contributed by atoms with E-state index in [2.05, 4.69) is 11.4 Å². The van der Waals surface area contributed by atoms with Gasteiger partial charge in [-0.1, -0.05) is 24.3 Å². The van der Waals surface area contributed by atoms with Crippen molar-refractivity contribution in [1.82, 2.24) is 4.57 Å². The Hall–Kier alpha value is -3.06. The van der Waals surface area contributed by atoms with E-state index < -0.39 is 0 Å². The molecule has 0 saturated heterocycles. The first-order valence-corrected chi connectivity index (χ1v) is 7.86. The molecule has 0 bridgehead atoms. The fourth-order valence-corrected chi connectivity index (χ4v) is 2.94. The summed E-state index contributed by atoms with van der Waals surface area (Å²) >= 11 is 0. The number of amides is 1. The summed E-state index contributed by atoms with van der Waals surface area (Å²) in [6, 6.07) is 15.8. The van der Waals surface area contributed by atoms with Gasteiger partial charge in [0.15, 0.2) is 0 Å². The van der Waals surface area contributed by atoms with Crippen molar-refractivity contribution in [2.24, 2.45) is 0 Å². The summed E-state index contributed by atoms with van der Waals surface area (Å²) in [7, 11) is 0. The van der Waals surface area contributed by atoms with Gasteiger partial charge in [0.1, 0.15) is 12.6 Å². The second-order valence-electron chi connectivity index (χ2n) is 6.02. The molecule has 0 aliphatic carbocycles. The number of hydrogen-bond acceptors (Lipinski definition) is 2. The molecule has 120 valence electrons. The molecule has 0 aliphatic heterocycles. The molecule has 2 aromatic carbocycles. The minimum Gasteiger partial charge on any atom is -0.334 e. The Kier molecular flexibility index (Phi) is 4.09. The molecule has 1 N–H and O–H groups in total. The molecule has 0 fully saturated rings. The van der Waals surface area contributed by atoms with Gasteiger partial charge in [-0.2, -0.15) is 5.26 Å². The number of fused-ring (bicyclic) bond motifs is 1. The quantitative estimate of drug-likeness (QED) is 0.791. The maximum Gasteiger partial charge on any atom is 0.244 e. The van der Waals surface area contributed by atoms with Crippen LogP contribution in [0.15, 0.2) is 42.5 Å². The molecule has 1 heterocycles. The molecule has 3 rings (SSSR count). The number of benzene rings is 2. The minimum absolute atomic E-state index is 0.105. The van der Waals surface area contributed by atoms with E-state index >= 15 is 0 Å². The van der Waals surface area contributed by atoms with Crippen molar-refractivity contribution < 1.29 is 4.79 Å². The molecule has 24 heavy (non-hydrogen) atoms. The number of hydrogen-bond donors (Lipinski definition) is 1. The van der Waals surface area contributed by atoms with Crippen LogP contribution in [-0.4, -0.2) is 10.5 Å². The number of anilines is 1. The Morgan fingerprint density at radius 1 is 1.12 bits per heavy atom. The molecule has 1 aromatic heterocycles. The Morgan fingerprint density at radius 3 is 2.58 bits per heavy atom. The molecule has 4 nitrogen and oxygen atoms in total. The van der Waals surface area contributed by atoms with Gasteiger partial charge in [0.05, 0.1) is 11.1 Å². The van der Waals surface area contributed by atoms with Crippen LogP contribution < -0.4 is 5.32 Å². The summed E-state index contributed by atoms with van der Waals surface area (Å²) in [6.45, 7) is 6.12. The van der Waals surface area contributed by atoms with E-state index in [4.69, 9.17) is 0 Å². The molecular formula is C20H19N3O. The number of aryl methyl sites for hydroxylation is 2. The highest BCUT2D eigenvalue weighted by Gasteiger charge is 2.15. The number of aromatic nitrogens is 1. The third kappa shape index (κ3) is 2.77. The van der Waals surface area contributed by atoms with Crippen molar-refractivity contribution in [2.45, 2.75) is 27.3 Å². The van der Waals surface area contributed by atoms with Crippen LogP contribution in [-0.2, 0) is 11.3 Å². The smallest absolute Gasteiger partial charge is 0.244 e. The SMILES string of the molecule is Cc1ccc(NC(=O)Cn2c(C)c(C#N)c3ccccc32)cc1C. The third-order valence-electron chi connectivity index (χ3n) is 4.44. The zero-order chi connectivity index (χ0) is 17.3. The Bertz CT molecular complexity index is 976. The highest BCUT2D eigenvalue weighted by Crippen LogP contribution is 2.25. The van der Waals surface area contributed by atoms with E-state index in [1.165, 1.54) is 5.56 Å². The summed E-state index contributed by atoms with van der Waals surface area (Å²) in [5.41, 5.74) is 5.47. The highest BCUT2D eigenvalue weighted by molar-refractivity contribution is 5.94. The zero-order valence-corrected chi connectivity index (χ0v) is 14.1. The number of carbonyl (C=O) groups excluding carboxylic acids is 1. The summed E-state index contributed by atoms with van der Waals surface area (Å²) in [5, 5.41) is 13.2. The lowest BCUT2D eigenvalue weighted by atomic mass is 10.1. The number of carbonyl (C=O) groups is 1. The lowest BCUT2D eigenvalue weighted by molar-refractivity contribution is -0.116. The number of nitrogens with zero attached hydrogens (tertiary/aromatic N) is 2. The maximum absolute atomic E-state index is 12.5. The molecule has 3 aromatic rings. The van der Waals surface area contributed by atoms with Crippen LogP contribution in [0.2, 0.25) is 0 Å². The zero-order valence-electron chi connectivity index (χ0n) is 14.1. The molecule has 0 atom stereocenters. The van der Waals surface area contributed by atoms with Crippen LogP contribution in [0, 0.1) is 32.1 Å². The average molecular weight is 317 g/mol. The molecular weight excluding hydrogens is 298 g/mol.